The zero-order chi connectivity index (χ0) is 10.8. The Kier molecular flexibility index (Phi) is 3.24. The Hall–Kier alpha value is -0.640. The smallest absolute Gasteiger partial charge is 0.155 e. The molecule has 2 nitrogen and oxygen atoms in total. The molecule has 15 heavy (non-hydrogen) atoms. The van der Waals surface area contributed by atoms with E-state index >= 15 is 0 Å². The van der Waals surface area contributed by atoms with Gasteiger partial charge in [-0.25, -0.2) is 4.98 Å². The molecule has 1 aromatic carbocycles. The Labute approximate surface area is 105 Å². The van der Waals surface area contributed by atoms with Gasteiger partial charge in [0.25, 0.3) is 0 Å². The monoisotopic (exact) mass is 302 g/mol. The molecule has 1 aromatic heterocycles. The van der Waals surface area contributed by atoms with E-state index in [1.807, 2.05) is 12.1 Å². The number of hydrogen-bond donors (Lipinski definition) is 0. The first-order chi connectivity index (χ1) is 7.18. The maximum absolute atomic E-state index is 6.08. The van der Waals surface area contributed by atoms with E-state index in [1.54, 1.807) is 18.5 Å². The van der Waals surface area contributed by atoms with Gasteiger partial charge in [0.1, 0.15) is 5.69 Å². The summed E-state index contributed by atoms with van der Waals surface area (Å²) in [7, 11) is 0. The molecule has 5 heteroatoms. The topological polar surface area (TPSA) is 25.8 Å². The van der Waals surface area contributed by atoms with Gasteiger partial charge in [-0.1, -0.05) is 45.2 Å². The lowest BCUT2D eigenvalue weighted by Crippen LogP contribution is -1.88. The van der Waals surface area contributed by atoms with Crippen molar-refractivity contribution in [2.24, 2.45) is 0 Å². The minimum atomic E-state index is 0.349. The molecular weight excluding hydrogens is 299 g/mol. The lowest BCUT2D eigenvalue weighted by atomic mass is 10.1. The molecule has 0 aliphatic carbocycles. The number of nitrogens with zero attached hydrogens (tertiary/aromatic N) is 2. The van der Waals surface area contributed by atoms with Crippen LogP contribution in [0.2, 0.25) is 10.2 Å². The summed E-state index contributed by atoms with van der Waals surface area (Å²) in [5.74, 6) is 0. The van der Waals surface area contributed by atoms with Crippen LogP contribution in [0.1, 0.15) is 0 Å². The predicted octanol–water partition coefficient (Wildman–Crippen LogP) is 4.21. The molecule has 0 aliphatic heterocycles. The second kappa shape index (κ2) is 4.47. The van der Waals surface area contributed by atoms with Crippen molar-refractivity contribution in [3.63, 3.8) is 0 Å². The van der Waals surface area contributed by atoms with Crippen molar-refractivity contribution in [1.82, 2.24) is 9.97 Å². The molecule has 0 spiro atoms. The molecule has 0 unspecified atom stereocenters. The van der Waals surface area contributed by atoms with Gasteiger partial charge in [0.05, 0.1) is 5.02 Å². The third kappa shape index (κ3) is 2.30. The largest absolute Gasteiger partial charge is 0.251 e. The Morgan fingerprint density at radius 2 is 1.80 bits per heavy atom. The van der Waals surface area contributed by atoms with Crippen LogP contribution in [0.5, 0.6) is 0 Å². The highest BCUT2D eigenvalue weighted by molar-refractivity contribution is 9.10. The fourth-order valence-electron chi connectivity index (χ4n) is 1.18. The summed E-state index contributed by atoms with van der Waals surface area (Å²) in [4.78, 5) is 8.10. The van der Waals surface area contributed by atoms with Gasteiger partial charge in [0, 0.05) is 22.4 Å². The van der Waals surface area contributed by atoms with Gasteiger partial charge in [-0.15, -0.1) is 0 Å². The second-order valence-electron chi connectivity index (χ2n) is 2.82. The van der Waals surface area contributed by atoms with E-state index in [1.165, 1.54) is 0 Å². The van der Waals surface area contributed by atoms with E-state index < -0.39 is 0 Å². The van der Waals surface area contributed by atoms with Crippen molar-refractivity contribution in [3.8, 4) is 11.3 Å². The van der Waals surface area contributed by atoms with E-state index in [0.29, 0.717) is 15.9 Å². The number of hydrogen-bond acceptors (Lipinski definition) is 2. The highest BCUT2D eigenvalue weighted by atomic mass is 79.9. The number of rotatable bonds is 1. The van der Waals surface area contributed by atoms with Crippen LogP contribution < -0.4 is 0 Å². The van der Waals surface area contributed by atoms with Gasteiger partial charge in [0.15, 0.2) is 5.15 Å². The zero-order valence-electron chi connectivity index (χ0n) is 7.42. The maximum Gasteiger partial charge on any atom is 0.155 e. The fraction of sp³-hybridized carbons (Fsp3) is 0. The van der Waals surface area contributed by atoms with Crippen molar-refractivity contribution in [2.75, 3.05) is 0 Å². The molecule has 2 rings (SSSR count). The summed E-state index contributed by atoms with van der Waals surface area (Å²) in [6, 6.07) is 5.52. The van der Waals surface area contributed by atoms with Gasteiger partial charge in [0.2, 0.25) is 0 Å². The maximum atomic E-state index is 6.08. The average molecular weight is 304 g/mol. The first-order valence-corrected chi connectivity index (χ1v) is 5.65. The Morgan fingerprint density at radius 3 is 2.47 bits per heavy atom. The molecule has 0 saturated heterocycles. The predicted molar refractivity (Wildman–Crippen MR) is 65.2 cm³/mol. The molecule has 0 aliphatic rings. The number of aromatic nitrogens is 2. The summed E-state index contributed by atoms with van der Waals surface area (Å²) in [6.45, 7) is 0. The van der Waals surface area contributed by atoms with Crippen LogP contribution in [0.25, 0.3) is 11.3 Å². The van der Waals surface area contributed by atoms with Gasteiger partial charge in [-0.3, -0.25) is 4.98 Å². The summed E-state index contributed by atoms with van der Waals surface area (Å²) < 4.78 is 0.913. The molecular formula is C10H5BrCl2N2. The minimum Gasteiger partial charge on any atom is -0.251 e. The van der Waals surface area contributed by atoms with E-state index in [4.69, 9.17) is 23.2 Å². The molecule has 0 saturated carbocycles. The zero-order valence-corrected chi connectivity index (χ0v) is 10.5. The van der Waals surface area contributed by atoms with E-state index in [9.17, 15) is 0 Å². The lowest BCUT2D eigenvalue weighted by molar-refractivity contribution is 1.21. The average Bonchev–Trinajstić information content (AvgIpc) is 2.20. The summed E-state index contributed by atoms with van der Waals surface area (Å²) in [5.41, 5.74) is 1.37. The molecule has 2 aromatic rings. The van der Waals surface area contributed by atoms with Gasteiger partial charge in [-0.2, -0.15) is 0 Å². The van der Waals surface area contributed by atoms with Gasteiger partial charge in [-0.05, 0) is 12.1 Å². The normalized spacial score (nSPS) is 10.3. The van der Waals surface area contributed by atoms with Crippen molar-refractivity contribution < 1.29 is 0 Å². The molecule has 0 atom stereocenters. The van der Waals surface area contributed by atoms with E-state index in [0.717, 1.165) is 10.0 Å². The first-order valence-electron chi connectivity index (χ1n) is 4.10. The standard InChI is InChI=1S/C10H5BrCl2N2/c11-6-1-2-7(8(12)5-6)9-10(13)15-4-3-14-9/h1-5H. The van der Waals surface area contributed by atoms with Crippen molar-refractivity contribution in [1.29, 1.82) is 0 Å². The van der Waals surface area contributed by atoms with Gasteiger partial charge < -0.3 is 0 Å². The van der Waals surface area contributed by atoms with Crippen LogP contribution >= 0.6 is 39.1 Å². The van der Waals surface area contributed by atoms with Crippen molar-refractivity contribution >= 4 is 39.1 Å². The molecule has 76 valence electrons. The molecule has 0 bridgehead atoms. The third-order valence-corrected chi connectivity index (χ3v) is 2.92. The lowest BCUT2D eigenvalue weighted by Gasteiger charge is -2.04. The Bertz CT molecular complexity index is 503. The molecule has 1 heterocycles. The Balaban J connectivity index is 2.60. The molecule has 0 radical (unpaired) electrons. The van der Waals surface area contributed by atoms with Gasteiger partial charge >= 0.3 is 0 Å². The minimum absolute atomic E-state index is 0.349. The van der Waals surface area contributed by atoms with Crippen molar-refractivity contribution in [3.05, 3.63) is 45.2 Å². The number of benzene rings is 1. The SMILES string of the molecule is Clc1cc(Br)ccc1-c1nccnc1Cl. The highest BCUT2D eigenvalue weighted by Crippen LogP contribution is 2.31. The quantitative estimate of drug-likeness (QED) is 0.788. The second-order valence-corrected chi connectivity index (χ2v) is 4.50. The summed E-state index contributed by atoms with van der Waals surface area (Å²) in [6.07, 6.45) is 3.12. The van der Waals surface area contributed by atoms with Crippen LogP contribution in [-0.2, 0) is 0 Å². The third-order valence-electron chi connectivity index (χ3n) is 1.84. The summed E-state index contributed by atoms with van der Waals surface area (Å²) in [5, 5.41) is 0.938. The molecule has 0 N–H and O–H groups in total. The highest BCUT2D eigenvalue weighted by Gasteiger charge is 2.09. The first kappa shape index (κ1) is 10.9. The number of halogens is 3. The fourth-order valence-corrected chi connectivity index (χ4v) is 2.15. The molecule has 0 fully saturated rings. The van der Waals surface area contributed by atoms with Crippen LogP contribution in [0.15, 0.2) is 35.1 Å². The van der Waals surface area contributed by atoms with Crippen molar-refractivity contribution in [2.45, 2.75) is 0 Å². The van der Waals surface area contributed by atoms with E-state index in [-0.39, 0.29) is 0 Å². The van der Waals surface area contributed by atoms with Crippen LogP contribution in [0, 0.1) is 0 Å². The van der Waals surface area contributed by atoms with Crippen LogP contribution in [0.3, 0.4) is 0 Å². The van der Waals surface area contributed by atoms with Crippen LogP contribution in [0.4, 0.5) is 0 Å². The summed E-state index contributed by atoms with van der Waals surface area (Å²) >= 11 is 15.3. The van der Waals surface area contributed by atoms with Crippen LogP contribution in [-0.4, -0.2) is 9.97 Å². The van der Waals surface area contributed by atoms with E-state index in [2.05, 4.69) is 25.9 Å². The Morgan fingerprint density at radius 1 is 1.07 bits per heavy atom. The molecule has 0 amide bonds.